The molecule has 0 aromatic rings. The molecule has 0 amide bonds. The molecule has 0 aromatic carbocycles. The van der Waals surface area contributed by atoms with Gasteiger partial charge < -0.3 is 14.2 Å². The van der Waals surface area contributed by atoms with Crippen molar-refractivity contribution in [3.05, 3.63) is 0 Å². The molecule has 5 nitrogen and oxygen atoms in total. The van der Waals surface area contributed by atoms with Gasteiger partial charge in [-0.25, -0.2) is 0 Å². The van der Waals surface area contributed by atoms with E-state index in [4.69, 9.17) is 14.2 Å². The van der Waals surface area contributed by atoms with Crippen LogP contribution in [0.15, 0.2) is 0 Å². The molecule has 4 atom stereocenters. The summed E-state index contributed by atoms with van der Waals surface area (Å²) >= 11 is 0. The molecule has 5 heteroatoms. The van der Waals surface area contributed by atoms with Crippen molar-refractivity contribution in [2.24, 2.45) is 11.3 Å². The number of rotatable bonds is 2. The highest BCUT2D eigenvalue weighted by molar-refractivity contribution is 5.75. The van der Waals surface area contributed by atoms with Crippen LogP contribution >= 0.6 is 0 Å². The number of hydrogen-bond donors (Lipinski definition) is 0. The average Bonchev–Trinajstić information content (AvgIpc) is 2.44. The third-order valence-corrected chi connectivity index (χ3v) is 4.02. The molecule has 0 unspecified atom stereocenters. The van der Waals surface area contributed by atoms with E-state index in [1.54, 1.807) is 0 Å². The molecule has 0 radical (unpaired) electrons. The second kappa shape index (κ2) is 5.02. The van der Waals surface area contributed by atoms with Gasteiger partial charge in [0, 0.05) is 12.3 Å². The molecule has 20 heavy (non-hydrogen) atoms. The van der Waals surface area contributed by atoms with E-state index < -0.39 is 12.0 Å². The van der Waals surface area contributed by atoms with Gasteiger partial charge in [-0.3, -0.25) is 9.59 Å². The Morgan fingerprint density at radius 2 is 2.05 bits per heavy atom. The lowest BCUT2D eigenvalue weighted by molar-refractivity contribution is -0.174. The van der Waals surface area contributed by atoms with Gasteiger partial charge in [0.15, 0.2) is 0 Å². The summed E-state index contributed by atoms with van der Waals surface area (Å²) in [5, 5.41) is 0. The maximum absolute atomic E-state index is 12.0. The van der Waals surface area contributed by atoms with Gasteiger partial charge >= 0.3 is 11.9 Å². The fourth-order valence-electron chi connectivity index (χ4n) is 3.10. The second-order valence-corrected chi connectivity index (χ2v) is 7.17. The summed E-state index contributed by atoms with van der Waals surface area (Å²) in [6.45, 7) is 9.73. The summed E-state index contributed by atoms with van der Waals surface area (Å²) < 4.78 is 16.8. The average molecular weight is 284 g/mol. The maximum Gasteiger partial charge on any atom is 0.312 e. The Morgan fingerprint density at radius 3 is 2.60 bits per heavy atom. The number of carbonyl (C=O) groups excluding carboxylic acids is 2. The number of ether oxygens (including phenoxy) is 3. The monoisotopic (exact) mass is 284 g/mol. The van der Waals surface area contributed by atoms with Crippen LogP contribution in [0.1, 0.15) is 47.5 Å². The van der Waals surface area contributed by atoms with Crippen LogP contribution in [0.4, 0.5) is 0 Å². The van der Waals surface area contributed by atoms with E-state index in [2.05, 4.69) is 0 Å². The molecule has 2 heterocycles. The van der Waals surface area contributed by atoms with Crippen molar-refractivity contribution < 1.29 is 23.8 Å². The van der Waals surface area contributed by atoms with Crippen molar-refractivity contribution >= 4 is 11.9 Å². The number of hydrogen-bond acceptors (Lipinski definition) is 5. The lowest BCUT2D eigenvalue weighted by atomic mass is 9.69. The van der Waals surface area contributed by atoms with Gasteiger partial charge in [0.2, 0.25) is 0 Å². The highest BCUT2D eigenvalue weighted by atomic mass is 16.6. The van der Waals surface area contributed by atoms with Gasteiger partial charge in [0.05, 0.1) is 24.2 Å². The normalized spacial score (nSPS) is 37.2. The SMILES string of the molecule is CC(=O)O[C@H]1C[C@@]2(C)COC(=O)[C@@H]1C[C@@H]2OC(C)(C)C. The first-order valence-corrected chi connectivity index (χ1v) is 7.12. The van der Waals surface area contributed by atoms with Crippen LogP contribution in [0.2, 0.25) is 0 Å². The zero-order chi connectivity index (χ0) is 15.1. The summed E-state index contributed by atoms with van der Waals surface area (Å²) in [4.78, 5) is 23.3. The fourth-order valence-corrected chi connectivity index (χ4v) is 3.10. The standard InChI is InChI=1S/C15H24O5/c1-9(16)19-11-7-15(5)8-18-13(17)10(11)6-12(15)20-14(2,3)4/h10-12H,6-8H2,1-5H3/t10-,11+,12+,15+/m1/s1. The molecule has 114 valence electrons. The van der Waals surface area contributed by atoms with E-state index in [0.717, 1.165) is 0 Å². The van der Waals surface area contributed by atoms with Crippen LogP contribution in [0.3, 0.4) is 0 Å². The van der Waals surface area contributed by atoms with Crippen LogP contribution in [0, 0.1) is 11.3 Å². The van der Waals surface area contributed by atoms with E-state index in [0.29, 0.717) is 19.4 Å². The van der Waals surface area contributed by atoms with Gasteiger partial charge in [0.1, 0.15) is 6.10 Å². The molecule has 0 N–H and O–H groups in total. The molecule has 2 aliphatic heterocycles. The molecule has 3 aliphatic rings. The summed E-state index contributed by atoms with van der Waals surface area (Å²) in [6, 6.07) is 0. The molecule has 3 rings (SSSR count). The second-order valence-electron chi connectivity index (χ2n) is 7.17. The van der Waals surface area contributed by atoms with Crippen LogP contribution in [-0.2, 0) is 23.8 Å². The zero-order valence-electron chi connectivity index (χ0n) is 12.9. The first-order valence-electron chi connectivity index (χ1n) is 7.12. The van der Waals surface area contributed by atoms with Gasteiger partial charge in [-0.2, -0.15) is 0 Å². The van der Waals surface area contributed by atoms with Crippen molar-refractivity contribution in [1.29, 1.82) is 0 Å². The van der Waals surface area contributed by atoms with Crippen LogP contribution < -0.4 is 0 Å². The highest BCUT2D eigenvalue weighted by Gasteiger charge is 2.54. The van der Waals surface area contributed by atoms with Crippen molar-refractivity contribution in [3.63, 3.8) is 0 Å². The fraction of sp³-hybridized carbons (Fsp3) is 0.867. The van der Waals surface area contributed by atoms with Gasteiger partial charge in [-0.05, 0) is 33.6 Å². The minimum Gasteiger partial charge on any atom is -0.465 e. The highest BCUT2D eigenvalue weighted by Crippen LogP contribution is 2.46. The number of fused-ring (bicyclic) bond motifs is 4. The van der Waals surface area contributed by atoms with E-state index in [-0.39, 0.29) is 29.1 Å². The Hall–Kier alpha value is -1.10. The van der Waals surface area contributed by atoms with Crippen LogP contribution in [0.25, 0.3) is 0 Å². The Bertz CT molecular complexity index is 411. The predicted molar refractivity (Wildman–Crippen MR) is 72.0 cm³/mol. The quantitative estimate of drug-likeness (QED) is 0.726. The smallest absolute Gasteiger partial charge is 0.312 e. The van der Waals surface area contributed by atoms with E-state index >= 15 is 0 Å². The lowest BCUT2D eigenvalue weighted by Gasteiger charge is -2.44. The largest absolute Gasteiger partial charge is 0.465 e. The van der Waals surface area contributed by atoms with Crippen molar-refractivity contribution in [2.75, 3.05) is 6.61 Å². The van der Waals surface area contributed by atoms with Crippen molar-refractivity contribution in [1.82, 2.24) is 0 Å². The first kappa shape index (κ1) is 15.3. The molecule has 1 saturated carbocycles. The Balaban J connectivity index is 2.23. The molecule has 0 aromatic heterocycles. The molecule has 1 aliphatic carbocycles. The minimum absolute atomic E-state index is 0.0641. The first-order chi connectivity index (χ1) is 9.11. The molecule has 2 saturated heterocycles. The van der Waals surface area contributed by atoms with Crippen molar-refractivity contribution in [3.8, 4) is 0 Å². The van der Waals surface area contributed by atoms with Crippen molar-refractivity contribution in [2.45, 2.75) is 65.3 Å². The van der Waals surface area contributed by atoms with E-state index in [1.165, 1.54) is 6.92 Å². The van der Waals surface area contributed by atoms with Gasteiger partial charge in [-0.15, -0.1) is 0 Å². The number of esters is 2. The van der Waals surface area contributed by atoms with Crippen LogP contribution in [-0.4, -0.2) is 36.4 Å². The minimum atomic E-state index is -0.415. The van der Waals surface area contributed by atoms with E-state index in [1.807, 2.05) is 27.7 Å². The van der Waals surface area contributed by atoms with Crippen LogP contribution in [0.5, 0.6) is 0 Å². The summed E-state index contributed by atoms with van der Waals surface area (Å²) in [5.74, 6) is -1.05. The zero-order valence-corrected chi connectivity index (χ0v) is 12.9. The third kappa shape index (κ3) is 3.14. The molecule has 3 fully saturated rings. The van der Waals surface area contributed by atoms with Gasteiger partial charge in [-0.1, -0.05) is 6.92 Å². The number of carbonyl (C=O) groups is 2. The summed E-state index contributed by atoms with van der Waals surface area (Å²) in [7, 11) is 0. The molecule has 2 bridgehead atoms. The molecular formula is C15H24O5. The molecule has 0 spiro atoms. The Morgan fingerprint density at radius 1 is 1.40 bits per heavy atom. The summed E-state index contributed by atoms with van der Waals surface area (Å²) in [5.41, 5.74) is -0.589. The lowest BCUT2D eigenvalue weighted by Crippen LogP contribution is -2.50. The van der Waals surface area contributed by atoms with Gasteiger partial charge in [0.25, 0.3) is 0 Å². The van der Waals surface area contributed by atoms with E-state index in [9.17, 15) is 9.59 Å². The molecular weight excluding hydrogens is 260 g/mol. The Kier molecular flexibility index (Phi) is 3.84. The predicted octanol–water partition coefficient (Wildman–Crippen LogP) is 2.07. The topological polar surface area (TPSA) is 61.8 Å². The Labute approximate surface area is 120 Å². The third-order valence-electron chi connectivity index (χ3n) is 4.02. The summed E-state index contributed by atoms with van der Waals surface area (Å²) in [6.07, 6.45) is 0.687. The maximum atomic E-state index is 12.0.